The third-order valence-electron chi connectivity index (χ3n) is 2.92. The van der Waals surface area contributed by atoms with E-state index in [1.54, 1.807) is 0 Å². The van der Waals surface area contributed by atoms with Crippen molar-refractivity contribution in [3.8, 4) is 0 Å². The molecule has 0 radical (unpaired) electrons. The van der Waals surface area contributed by atoms with Crippen LogP contribution in [0.2, 0.25) is 0 Å². The average Bonchev–Trinajstić information content (AvgIpc) is 2.16. The Balaban J connectivity index is 3.71. The van der Waals surface area contributed by atoms with E-state index in [0.717, 1.165) is 19.0 Å². The Bertz CT molecular complexity index is 125. The summed E-state index contributed by atoms with van der Waals surface area (Å²) >= 11 is 0. The molecule has 0 heterocycles. The summed E-state index contributed by atoms with van der Waals surface area (Å²) in [6.07, 6.45) is 3.78. The number of rotatable bonds is 8. The average molecular weight is 200 g/mol. The molecule has 0 fully saturated rings. The van der Waals surface area contributed by atoms with E-state index in [9.17, 15) is 0 Å². The van der Waals surface area contributed by atoms with Crippen molar-refractivity contribution in [2.75, 3.05) is 26.7 Å². The predicted molar refractivity (Wildman–Crippen MR) is 64.4 cm³/mol. The Morgan fingerprint density at radius 3 is 2.29 bits per heavy atom. The summed E-state index contributed by atoms with van der Waals surface area (Å²) in [7, 11) is 2.21. The van der Waals surface area contributed by atoms with Crippen molar-refractivity contribution in [1.29, 1.82) is 0 Å². The van der Waals surface area contributed by atoms with Gasteiger partial charge in [-0.25, -0.2) is 0 Å². The molecule has 0 saturated heterocycles. The van der Waals surface area contributed by atoms with Crippen LogP contribution in [0.3, 0.4) is 0 Å². The fourth-order valence-electron chi connectivity index (χ4n) is 1.87. The second-order valence-electron chi connectivity index (χ2n) is 4.63. The van der Waals surface area contributed by atoms with E-state index in [0.29, 0.717) is 5.92 Å². The molecule has 2 nitrogen and oxygen atoms in total. The van der Waals surface area contributed by atoms with Crippen molar-refractivity contribution in [3.05, 3.63) is 0 Å². The van der Waals surface area contributed by atoms with Crippen molar-refractivity contribution in [2.45, 2.75) is 40.0 Å². The lowest BCUT2D eigenvalue weighted by molar-refractivity contribution is 0.237. The molecule has 0 aromatic rings. The lowest BCUT2D eigenvalue weighted by atomic mass is 10.0. The molecule has 0 aliphatic carbocycles. The first-order chi connectivity index (χ1) is 6.63. The smallest absolute Gasteiger partial charge is 0.00188 e. The monoisotopic (exact) mass is 200 g/mol. The highest BCUT2D eigenvalue weighted by Crippen LogP contribution is 2.09. The summed E-state index contributed by atoms with van der Waals surface area (Å²) in [5.74, 6) is 1.49. The van der Waals surface area contributed by atoms with Crippen molar-refractivity contribution < 1.29 is 0 Å². The topological polar surface area (TPSA) is 29.3 Å². The molecule has 0 rings (SSSR count). The zero-order valence-corrected chi connectivity index (χ0v) is 10.4. The van der Waals surface area contributed by atoms with Gasteiger partial charge in [-0.2, -0.15) is 0 Å². The van der Waals surface area contributed by atoms with Gasteiger partial charge >= 0.3 is 0 Å². The molecule has 14 heavy (non-hydrogen) atoms. The lowest BCUT2D eigenvalue weighted by Crippen LogP contribution is -2.32. The molecule has 2 unspecified atom stereocenters. The Labute approximate surface area is 89.9 Å². The van der Waals surface area contributed by atoms with Gasteiger partial charge in [-0.1, -0.05) is 33.6 Å². The minimum absolute atomic E-state index is 0.689. The molecule has 0 aromatic heterocycles. The number of nitrogens with two attached hydrogens (primary N) is 1. The van der Waals surface area contributed by atoms with Crippen LogP contribution in [-0.4, -0.2) is 31.6 Å². The van der Waals surface area contributed by atoms with Gasteiger partial charge in [0.2, 0.25) is 0 Å². The molecule has 86 valence electrons. The molecular weight excluding hydrogens is 172 g/mol. The van der Waals surface area contributed by atoms with Gasteiger partial charge in [-0.3, -0.25) is 0 Å². The number of hydrogen-bond donors (Lipinski definition) is 1. The molecule has 0 saturated carbocycles. The summed E-state index contributed by atoms with van der Waals surface area (Å²) in [5.41, 5.74) is 5.74. The first-order valence-corrected chi connectivity index (χ1v) is 6.02. The Hall–Kier alpha value is -0.0800. The van der Waals surface area contributed by atoms with Crippen LogP contribution in [0.1, 0.15) is 40.0 Å². The van der Waals surface area contributed by atoms with Gasteiger partial charge in [-0.15, -0.1) is 0 Å². The van der Waals surface area contributed by atoms with Gasteiger partial charge in [-0.05, 0) is 31.8 Å². The minimum Gasteiger partial charge on any atom is -0.330 e. The number of hydrogen-bond acceptors (Lipinski definition) is 2. The van der Waals surface area contributed by atoms with Gasteiger partial charge in [0.1, 0.15) is 0 Å². The molecule has 0 aliphatic rings. The van der Waals surface area contributed by atoms with E-state index in [1.165, 1.54) is 25.8 Å². The van der Waals surface area contributed by atoms with Crippen LogP contribution in [0.15, 0.2) is 0 Å². The predicted octanol–water partition coefficient (Wildman–Crippen LogP) is 2.34. The quantitative estimate of drug-likeness (QED) is 0.651. The molecular formula is C12H28N2. The van der Waals surface area contributed by atoms with E-state index in [-0.39, 0.29) is 0 Å². The normalized spacial score (nSPS) is 15.9. The highest BCUT2D eigenvalue weighted by molar-refractivity contribution is 4.65. The van der Waals surface area contributed by atoms with Crippen molar-refractivity contribution >= 4 is 0 Å². The molecule has 2 atom stereocenters. The zero-order valence-electron chi connectivity index (χ0n) is 10.4. The molecule has 0 aromatic carbocycles. The summed E-state index contributed by atoms with van der Waals surface area (Å²) in [4.78, 5) is 2.43. The van der Waals surface area contributed by atoms with Crippen molar-refractivity contribution in [3.63, 3.8) is 0 Å². The van der Waals surface area contributed by atoms with Crippen LogP contribution < -0.4 is 5.73 Å². The fourth-order valence-corrected chi connectivity index (χ4v) is 1.87. The SMILES string of the molecule is CCCC(CN)CN(C)CC(C)CC. The van der Waals surface area contributed by atoms with Gasteiger partial charge in [0.25, 0.3) is 0 Å². The highest BCUT2D eigenvalue weighted by atomic mass is 15.1. The molecule has 2 heteroatoms. The number of nitrogens with zero attached hydrogens (tertiary/aromatic N) is 1. The lowest BCUT2D eigenvalue weighted by Gasteiger charge is -2.25. The standard InChI is InChI=1S/C12H28N2/c1-5-7-12(8-13)10-14(4)9-11(3)6-2/h11-12H,5-10,13H2,1-4H3. The fraction of sp³-hybridized carbons (Fsp3) is 1.00. The second-order valence-corrected chi connectivity index (χ2v) is 4.63. The van der Waals surface area contributed by atoms with E-state index >= 15 is 0 Å². The van der Waals surface area contributed by atoms with E-state index in [2.05, 4.69) is 32.7 Å². The summed E-state index contributed by atoms with van der Waals surface area (Å²) in [5, 5.41) is 0. The van der Waals surface area contributed by atoms with Crippen LogP contribution in [0.5, 0.6) is 0 Å². The first kappa shape index (κ1) is 13.9. The van der Waals surface area contributed by atoms with Crippen LogP contribution in [-0.2, 0) is 0 Å². The molecule has 0 amide bonds. The third kappa shape index (κ3) is 6.39. The van der Waals surface area contributed by atoms with Crippen molar-refractivity contribution in [2.24, 2.45) is 17.6 Å². The third-order valence-corrected chi connectivity index (χ3v) is 2.92. The Morgan fingerprint density at radius 1 is 1.21 bits per heavy atom. The molecule has 2 N–H and O–H groups in total. The van der Waals surface area contributed by atoms with E-state index < -0.39 is 0 Å². The van der Waals surface area contributed by atoms with Gasteiger partial charge in [0.15, 0.2) is 0 Å². The molecule has 0 bridgehead atoms. The highest BCUT2D eigenvalue weighted by Gasteiger charge is 2.10. The van der Waals surface area contributed by atoms with Gasteiger partial charge in [0, 0.05) is 13.1 Å². The summed E-state index contributed by atoms with van der Waals surface area (Å²) < 4.78 is 0. The molecule has 0 aliphatic heterocycles. The summed E-state index contributed by atoms with van der Waals surface area (Å²) in [6.45, 7) is 10.0. The van der Waals surface area contributed by atoms with Crippen LogP contribution in [0, 0.1) is 11.8 Å². The minimum atomic E-state index is 0.689. The maximum absolute atomic E-state index is 5.74. The van der Waals surface area contributed by atoms with Gasteiger partial charge < -0.3 is 10.6 Å². The molecule has 0 spiro atoms. The van der Waals surface area contributed by atoms with Gasteiger partial charge in [0.05, 0.1) is 0 Å². The van der Waals surface area contributed by atoms with Crippen LogP contribution in [0.4, 0.5) is 0 Å². The Kier molecular flexibility index (Phi) is 8.20. The maximum Gasteiger partial charge on any atom is 0.00188 e. The van der Waals surface area contributed by atoms with Crippen LogP contribution in [0.25, 0.3) is 0 Å². The Morgan fingerprint density at radius 2 is 1.86 bits per heavy atom. The van der Waals surface area contributed by atoms with E-state index in [4.69, 9.17) is 5.73 Å². The zero-order chi connectivity index (χ0) is 11.0. The summed E-state index contributed by atoms with van der Waals surface area (Å²) in [6, 6.07) is 0. The van der Waals surface area contributed by atoms with Crippen LogP contribution >= 0.6 is 0 Å². The first-order valence-electron chi connectivity index (χ1n) is 6.02. The largest absolute Gasteiger partial charge is 0.330 e. The maximum atomic E-state index is 5.74. The van der Waals surface area contributed by atoms with E-state index in [1.807, 2.05) is 0 Å². The second kappa shape index (κ2) is 8.25. The van der Waals surface area contributed by atoms with Crippen molar-refractivity contribution in [1.82, 2.24) is 4.90 Å².